The van der Waals surface area contributed by atoms with Crippen molar-refractivity contribution in [1.29, 1.82) is 0 Å². The Hall–Kier alpha value is -2.83. The van der Waals surface area contributed by atoms with E-state index in [2.05, 4.69) is 5.32 Å². The van der Waals surface area contributed by atoms with Gasteiger partial charge in [0.2, 0.25) is 0 Å². The maximum Gasteiger partial charge on any atom is 0.339 e. The Balaban J connectivity index is 1.96. The van der Waals surface area contributed by atoms with Crippen molar-refractivity contribution in [2.75, 3.05) is 0 Å². The maximum atomic E-state index is 12.6. The lowest BCUT2D eigenvalue weighted by Crippen LogP contribution is -2.48. The third-order valence-electron chi connectivity index (χ3n) is 5.33. The van der Waals surface area contributed by atoms with E-state index >= 15 is 0 Å². The third-order valence-corrected chi connectivity index (χ3v) is 5.33. The van der Waals surface area contributed by atoms with Crippen LogP contribution in [0.4, 0.5) is 0 Å². The van der Waals surface area contributed by atoms with Crippen LogP contribution in [0.2, 0.25) is 0 Å². The van der Waals surface area contributed by atoms with Crippen molar-refractivity contribution in [3.05, 3.63) is 39.2 Å². The van der Waals surface area contributed by atoms with Crippen molar-refractivity contribution in [3.63, 3.8) is 0 Å². The molecule has 2 N–H and O–H groups in total. The molecule has 156 valence electrons. The zero-order valence-electron chi connectivity index (χ0n) is 17.2. The number of amides is 1. The minimum atomic E-state index is -1.09. The van der Waals surface area contributed by atoms with Crippen LogP contribution >= 0.6 is 0 Å². The highest BCUT2D eigenvalue weighted by Gasteiger charge is 2.28. The van der Waals surface area contributed by atoms with Crippen molar-refractivity contribution in [1.82, 2.24) is 5.32 Å². The van der Waals surface area contributed by atoms with E-state index in [0.29, 0.717) is 23.3 Å². The molecule has 7 heteroatoms. The van der Waals surface area contributed by atoms with Crippen LogP contribution in [-0.4, -0.2) is 29.1 Å². The first kappa shape index (κ1) is 20.9. The van der Waals surface area contributed by atoms with Gasteiger partial charge in [-0.3, -0.25) is 4.79 Å². The van der Waals surface area contributed by atoms with Gasteiger partial charge in [-0.15, -0.1) is 0 Å². The molecule has 0 saturated heterocycles. The number of benzene rings is 1. The average molecular weight is 401 g/mol. The number of carbonyl (C=O) groups is 2. The van der Waals surface area contributed by atoms with Gasteiger partial charge in [0.05, 0.1) is 5.39 Å². The summed E-state index contributed by atoms with van der Waals surface area (Å²) in [5.41, 5.74) is 2.58. The Morgan fingerprint density at radius 2 is 1.79 bits per heavy atom. The minimum absolute atomic E-state index is 0.259. The number of carbonyl (C=O) groups excluding carboxylic acids is 1. The molecule has 3 rings (SSSR count). The minimum Gasteiger partial charge on any atom is -0.480 e. The lowest BCUT2D eigenvalue weighted by Gasteiger charge is -2.23. The van der Waals surface area contributed by atoms with Gasteiger partial charge in [0.25, 0.3) is 5.91 Å². The summed E-state index contributed by atoms with van der Waals surface area (Å²) < 4.78 is 11.5. The monoisotopic (exact) mass is 401 g/mol. The first-order valence-corrected chi connectivity index (χ1v) is 9.98. The fraction of sp³-hybridized carbons (Fsp3) is 0.500. The summed E-state index contributed by atoms with van der Waals surface area (Å²) >= 11 is 0. The molecule has 29 heavy (non-hydrogen) atoms. The number of aliphatic carboxylic acids is 1. The summed E-state index contributed by atoms with van der Waals surface area (Å²) in [6.45, 7) is 6.89. The Labute approximate surface area is 169 Å². The Bertz CT molecular complexity index is 1010. The first-order chi connectivity index (χ1) is 13.7. The van der Waals surface area contributed by atoms with Crippen molar-refractivity contribution < 1.29 is 23.8 Å². The smallest absolute Gasteiger partial charge is 0.339 e. The topological polar surface area (TPSA) is 106 Å². The number of aryl methyl sites for hydroxylation is 2. The Kier molecular flexibility index (Phi) is 5.96. The molecule has 1 aromatic heterocycles. The van der Waals surface area contributed by atoms with Crippen molar-refractivity contribution in [2.45, 2.75) is 65.5 Å². The molecule has 2 unspecified atom stereocenters. The van der Waals surface area contributed by atoms with Crippen LogP contribution in [0, 0.1) is 12.8 Å². The highest BCUT2D eigenvalue weighted by Crippen LogP contribution is 2.35. The van der Waals surface area contributed by atoms with Gasteiger partial charge in [-0.05, 0) is 68.7 Å². The van der Waals surface area contributed by atoms with Gasteiger partial charge in [-0.25, -0.2) is 9.59 Å². The molecule has 2 aromatic rings. The third kappa shape index (κ3) is 4.28. The normalized spacial score (nSPS) is 15.6. The standard InChI is InChI=1S/C22H27NO6/c1-11(2)19(21(25)26)23-20(24)13(4)28-16-9-12(3)10-17-18(16)14-7-5-6-8-15(14)22(27)29-17/h9-11,13,19H,5-8H2,1-4H3,(H,23,24)(H,25,26). The number of nitrogens with one attached hydrogen (secondary N) is 1. The van der Waals surface area contributed by atoms with Gasteiger partial charge >= 0.3 is 11.6 Å². The zero-order valence-corrected chi connectivity index (χ0v) is 17.2. The molecule has 1 aliphatic carbocycles. The van der Waals surface area contributed by atoms with Gasteiger partial charge in [-0.2, -0.15) is 0 Å². The van der Waals surface area contributed by atoms with Crippen LogP contribution < -0.4 is 15.7 Å². The lowest BCUT2D eigenvalue weighted by molar-refractivity contribution is -0.144. The number of carboxylic acids is 1. The molecule has 0 saturated carbocycles. The molecule has 7 nitrogen and oxygen atoms in total. The number of ether oxygens (including phenoxy) is 1. The van der Waals surface area contributed by atoms with E-state index < -0.39 is 24.0 Å². The van der Waals surface area contributed by atoms with E-state index in [1.807, 2.05) is 13.0 Å². The lowest BCUT2D eigenvalue weighted by atomic mass is 9.90. The molecule has 0 radical (unpaired) electrons. The van der Waals surface area contributed by atoms with Crippen molar-refractivity contribution in [3.8, 4) is 5.75 Å². The van der Waals surface area contributed by atoms with Crippen LogP contribution in [0.1, 0.15) is 50.3 Å². The summed E-state index contributed by atoms with van der Waals surface area (Å²) in [6.07, 6.45) is 2.43. The number of fused-ring (bicyclic) bond motifs is 3. The van der Waals surface area contributed by atoms with E-state index in [1.54, 1.807) is 26.8 Å². The van der Waals surface area contributed by atoms with E-state index in [9.17, 15) is 19.5 Å². The van der Waals surface area contributed by atoms with Gasteiger partial charge in [-0.1, -0.05) is 13.8 Å². The molecular weight excluding hydrogens is 374 g/mol. The van der Waals surface area contributed by atoms with Crippen LogP contribution in [0.15, 0.2) is 21.3 Å². The Morgan fingerprint density at radius 1 is 1.14 bits per heavy atom. The fourth-order valence-electron chi connectivity index (χ4n) is 3.79. The zero-order chi connectivity index (χ0) is 21.3. The van der Waals surface area contributed by atoms with Gasteiger partial charge in [0.1, 0.15) is 17.4 Å². The molecule has 0 spiro atoms. The van der Waals surface area contributed by atoms with Crippen molar-refractivity contribution in [2.24, 2.45) is 5.92 Å². The van der Waals surface area contributed by atoms with E-state index in [0.717, 1.165) is 35.8 Å². The van der Waals surface area contributed by atoms with Crippen LogP contribution in [0.3, 0.4) is 0 Å². The predicted molar refractivity (Wildman–Crippen MR) is 108 cm³/mol. The van der Waals surface area contributed by atoms with Crippen molar-refractivity contribution >= 4 is 22.8 Å². The van der Waals surface area contributed by atoms with Gasteiger partial charge in [0, 0.05) is 5.56 Å². The van der Waals surface area contributed by atoms with Crippen LogP contribution in [0.25, 0.3) is 11.0 Å². The summed E-state index contributed by atoms with van der Waals surface area (Å²) in [5.74, 6) is -1.38. The number of hydrogen-bond acceptors (Lipinski definition) is 5. The highest BCUT2D eigenvalue weighted by atomic mass is 16.5. The van der Waals surface area contributed by atoms with Gasteiger partial charge in [0.15, 0.2) is 6.10 Å². The second-order valence-corrected chi connectivity index (χ2v) is 8.02. The molecule has 1 amide bonds. The maximum absolute atomic E-state index is 12.6. The Morgan fingerprint density at radius 3 is 2.41 bits per heavy atom. The largest absolute Gasteiger partial charge is 0.480 e. The van der Waals surface area contributed by atoms with Gasteiger partial charge < -0.3 is 19.6 Å². The second kappa shape index (κ2) is 8.27. The van der Waals surface area contributed by atoms with E-state index in [1.165, 1.54) is 0 Å². The van der Waals surface area contributed by atoms with Crippen LogP contribution in [0.5, 0.6) is 5.75 Å². The number of hydrogen-bond donors (Lipinski definition) is 2. The molecule has 0 fully saturated rings. The molecular formula is C22H27NO6. The van der Waals surface area contributed by atoms with E-state index in [-0.39, 0.29) is 11.5 Å². The molecule has 2 atom stereocenters. The quantitative estimate of drug-likeness (QED) is 0.721. The SMILES string of the molecule is Cc1cc(OC(C)C(=O)NC(C(=O)O)C(C)C)c2c3c(c(=O)oc2c1)CCCC3. The first-order valence-electron chi connectivity index (χ1n) is 9.98. The molecule has 1 aliphatic rings. The van der Waals surface area contributed by atoms with Crippen LogP contribution in [-0.2, 0) is 22.4 Å². The summed E-state index contributed by atoms with van der Waals surface area (Å²) in [7, 11) is 0. The summed E-state index contributed by atoms with van der Waals surface area (Å²) in [6, 6.07) is 2.62. The van der Waals surface area contributed by atoms with E-state index in [4.69, 9.17) is 9.15 Å². The predicted octanol–water partition coefficient (Wildman–Crippen LogP) is 2.97. The summed E-state index contributed by atoms with van der Waals surface area (Å²) in [5, 5.41) is 12.6. The summed E-state index contributed by atoms with van der Waals surface area (Å²) in [4.78, 5) is 36.3. The molecule has 1 heterocycles. The molecule has 1 aromatic carbocycles. The number of rotatable bonds is 6. The number of carboxylic acid groups (broad SMARTS) is 1. The second-order valence-electron chi connectivity index (χ2n) is 8.02. The highest BCUT2D eigenvalue weighted by molar-refractivity contribution is 5.90. The molecule has 0 bridgehead atoms. The fourth-order valence-corrected chi connectivity index (χ4v) is 3.79. The molecule has 0 aliphatic heterocycles. The average Bonchev–Trinajstić information content (AvgIpc) is 2.64.